The molecule has 15 heavy (non-hydrogen) atoms. The largest absolute Gasteiger partial charge is 0.396 e. The molecule has 80 valence electrons. The highest BCUT2D eigenvalue weighted by Crippen LogP contribution is 2.28. The monoisotopic (exact) mass is 212 g/mol. The molecule has 1 aliphatic heterocycles. The van der Waals surface area contributed by atoms with Crippen LogP contribution in [0, 0.1) is 11.6 Å². The first-order valence-corrected chi connectivity index (χ1v) is 4.64. The summed E-state index contributed by atoms with van der Waals surface area (Å²) < 4.78 is 26.2. The van der Waals surface area contributed by atoms with Gasteiger partial charge in [-0.3, -0.25) is 4.79 Å². The van der Waals surface area contributed by atoms with Gasteiger partial charge < -0.3 is 10.6 Å². The van der Waals surface area contributed by atoms with E-state index >= 15 is 0 Å². The molecule has 2 rings (SSSR count). The van der Waals surface area contributed by atoms with Crippen molar-refractivity contribution in [3.05, 3.63) is 23.8 Å². The van der Waals surface area contributed by atoms with Crippen molar-refractivity contribution >= 4 is 17.3 Å². The molecule has 1 aromatic carbocycles. The van der Waals surface area contributed by atoms with Gasteiger partial charge in [-0.2, -0.15) is 0 Å². The summed E-state index contributed by atoms with van der Waals surface area (Å²) in [6, 6.07) is 1.87. The van der Waals surface area contributed by atoms with Gasteiger partial charge in [0.1, 0.15) is 11.6 Å². The number of anilines is 2. The Morgan fingerprint density at radius 1 is 1.27 bits per heavy atom. The number of nitrogens with zero attached hydrogens (tertiary/aromatic N) is 1. The van der Waals surface area contributed by atoms with E-state index < -0.39 is 11.6 Å². The maximum Gasteiger partial charge on any atom is 0.227 e. The number of benzene rings is 1. The second-order valence-corrected chi connectivity index (χ2v) is 3.47. The average Bonchev–Trinajstić information content (AvgIpc) is 2.58. The molecule has 5 heteroatoms. The maximum absolute atomic E-state index is 13.4. The zero-order chi connectivity index (χ0) is 11.0. The summed E-state index contributed by atoms with van der Waals surface area (Å²) in [6.07, 6.45) is 1.09. The summed E-state index contributed by atoms with van der Waals surface area (Å²) in [5.41, 5.74) is 5.24. The highest BCUT2D eigenvalue weighted by Gasteiger charge is 2.25. The van der Waals surface area contributed by atoms with Crippen LogP contribution in [0.5, 0.6) is 0 Å². The van der Waals surface area contributed by atoms with Crippen molar-refractivity contribution in [1.29, 1.82) is 0 Å². The second-order valence-electron chi connectivity index (χ2n) is 3.47. The zero-order valence-corrected chi connectivity index (χ0v) is 7.96. The maximum atomic E-state index is 13.4. The summed E-state index contributed by atoms with van der Waals surface area (Å²) >= 11 is 0. The molecule has 1 fully saturated rings. The summed E-state index contributed by atoms with van der Waals surface area (Å²) in [5, 5.41) is 0. The molecule has 0 atom stereocenters. The van der Waals surface area contributed by atoms with Crippen molar-refractivity contribution in [3.8, 4) is 0 Å². The van der Waals surface area contributed by atoms with Crippen molar-refractivity contribution in [2.75, 3.05) is 17.2 Å². The zero-order valence-electron chi connectivity index (χ0n) is 7.96. The molecule has 1 amide bonds. The summed E-state index contributed by atoms with van der Waals surface area (Å²) in [6.45, 7) is 0.459. The summed E-state index contributed by atoms with van der Waals surface area (Å²) in [4.78, 5) is 12.6. The Kier molecular flexibility index (Phi) is 2.30. The summed E-state index contributed by atoms with van der Waals surface area (Å²) in [7, 11) is 0. The average molecular weight is 212 g/mol. The second kappa shape index (κ2) is 3.49. The number of hydrogen-bond donors (Lipinski definition) is 1. The van der Waals surface area contributed by atoms with Gasteiger partial charge in [-0.05, 0) is 12.5 Å². The van der Waals surface area contributed by atoms with E-state index in [4.69, 9.17) is 5.73 Å². The van der Waals surface area contributed by atoms with Crippen LogP contribution in [0.25, 0.3) is 0 Å². The highest BCUT2D eigenvalue weighted by molar-refractivity contribution is 5.95. The van der Waals surface area contributed by atoms with E-state index in [9.17, 15) is 13.6 Å². The molecule has 1 heterocycles. The third kappa shape index (κ3) is 1.65. The summed E-state index contributed by atoms with van der Waals surface area (Å²) in [5.74, 6) is -1.71. The molecule has 0 saturated carbocycles. The number of amides is 1. The number of carbonyl (C=O) groups excluding carboxylic acids is 1. The van der Waals surface area contributed by atoms with Crippen LogP contribution in [0.4, 0.5) is 20.2 Å². The number of carbonyl (C=O) groups is 1. The molecule has 0 unspecified atom stereocenters. The molecule has 0 radical (unpaired) electrons. The Labute approximate surface area is 85.5 Å². The Morgan fingerprint density at radius 3 is 2.60 bits per heavy atom. The van der Waals surface area contributed by atoms with Gasteiger partial charge in [-0.1, -0.05) is 0 Å². The van der Waals surface area contributed by atoms with Gasteiger partial charge in [0.25, 0.3) is 0 Å². The van der Waals surface area contributed by atoms with Crippen molar-refractivity contribution in [2.24, 2.45) is 0 Å². The van der Waals surface area contributed by atoms with E-state index in [-0.39, 0.29) is 17.3 Å². The predicted molar refractivity (Wildman–Crippen MR) is 52.4 cm³/mol. The molecular weight excluding hydrogens is 202 g/mol. The molecule has 0 spiro atoms. The van der Waals surface area contributed by atoms with Crippen molar-refractivity contribution < 1.29 is 13.6 Å². The minimum Gasteiger partial charge on any atom is -0.396 e. The normalized spacial score (nSPS) is 16.1. The molecule has 0 bridgehead atoms. The van der Waals surface area contributed by atoms with E-state index in [2.05, 4.69) is 0 Å². The van der Waals surface area contributed by atoms with E-state index in [0.717, 1.165) is 6.07 Å². The van der Waals surface area contributed by atoms with Crippen LogP contribution in [0.1, 0.15) is 12.8 Å². The molecular formula is C10H10F2N2O. The Hall–Kier alpha value is -1.65. The fourth-order valence-electron chi connectivity index (χ4n) is 1.66. The fourth-order valence-corrected chi connectivity index (χ4v) is 1.66. The van der Waals surface area contributed by atoms with Crippen LogP contribution >= 0.6 is 0 Å². The lowest BCUT2D eigenvalue weighted by atomic mass is 10.2. The number of rotatable bonds is 1. The number of nitrogen functional groups attached to an aromatic ring is 1. The topological polar surface area (TPSA) is 46.3 Å². The molecule has 1 saturated heterocycles. The van der Waals surface area contributed by atoms with E-state index in [0.29, 0.717) is 25.5 Å². The lowest BCUT2D eigenvalue weighted by Crippen LogP contribution is -2.25. The number of nitrogens with two attached hydrogens (primary N) is 1. The Morgan fingerprint density at radius 2 is 2.00 bits per heavy atom. The van der Waals surface area contributed by atoms with Gasteiger partial charge in [0, 0.05) is 19.0 Å². The van der Waals surface area contributed by atoms with Gasteiger partial charge in [0.15, 0.2) is 0 Å². The van der Waals surface area contributed by atoms with Gasteiger partial charge in [0.2, 0.25) is 5.91 Å². The SMILES string of the molecule is Nc1cc(N2CCCC2=O)c(F)cc1F. The predicted octanol–water partition coefficient (Wildman–Crippen LogP) is 1.67. The van der Waals surface area contributed by atoms with E-state index in [1.165, 1.54) is 4.90 Å². The molecule has 0 aromatic heterocycles. The van der Waals surface area contributed by atoms with Gasteiger partial charge in [0.05, 0.1) is 11.4 Å². The first-order valence-electron chi connectivity index (χ1n) is 4.64. The van der Waals surface area contributed by atoms with Crippen LogP contribution in [0.15, 0.2) is 12.1 Å². The number of halogens is 2. The Balaban J connectivity index is 2.43. The smallest absolute Gasteiger partial charge is 0.227 e. The van der Waals surface area contributed by atoms with Gasteiger partial charge in [-0.25, -0.2) is 8.78 Å². The Bertz CT molecular complexity index is 420. The van der Waals surface area contributed by atoms with Gasteiger partial charge in [-0.15, -0.1) is 0 Å². The lowest BCUT2D eigenvalue weighted by Gasteiger charge is -2.17. The molecule has 3 nitrogen and oxygen atoms in total. The van der Waals surface area contributed by atoms with Crippen LogP contribution in [0.3, 0.4) is 0 Å². The third-order valence-electron chi connectivity index (χ3n) is 2.43. The van der Waals surface area contributed by atoms with Crippen LogP contribution in [0.2, 0.25) is 0 Å². The van der Waals surface area contributed by atoms with Crippen LogP contribution in [-0.4, -0.2) is 12.5 Å². The molecule has 1 aliphatic rings. The molecule has 2 N–H and O–H groups in total. The fraction of sp³-hybridized carbons (Fsp3) is 0.300. The minimum absolute atomic E-state index is 0.0661. The standard InChI is InChI=1S/C10H10F2N2O/c11-6-4-7(12)9(5-8(6)13)14-3-1-2-10(14)15/h4-5H,1-3,13H2. The third-order valence-corrected chi connectivity index (χ3v) is 2.43. The van der Waals surface area contributed by atoms with E-state index in [1.54, 1.807) is 0 Å². The van der Waals surface area contributed by atoms with Crippen molar-refractivity contribution in [2.45, 2.75) is 12.8 Å². The minimum atomic E-state index is -0.803. The van der Waals surface area contributed by atoms with E-state index in [1.807, 2.05) is 0 Å². The molecule has 1 aromatic rings. The highest BCUT2D eigenvalue weighted by atomic mass is 19.1. The first-order chi connectivity index (χ1) is 7.09. The van der Waals surface area contributed by atoms with Crippen LogP contribution in [-0.2, 0) is 4.79 Å². The van der Waals surface area contributed by atoms with Crippen LogP contribution < -0.4 is 10.6 Å². The van der Waals surface area contributed by atoms with Crippen molar-refractivity contribution in [1.82, 2.24) is 0 Å². The van der Waals surface area contributed by atoms with Crippen molar-refractivity contribution in [3.63, 3.8) is 0 Å². The molecule has 0 aliphatic carbocycles. The lowest BCUT2D eigenvalue weighted by molar-refractivity contribution is -0.117. The van der Waals surface area contributed by atoms with Gasteiger partial charge >= 0.3 is 0 Å². The number of hydrogen-bond acceptors (Lipinski definition) is 2. The quantitative estimate of drug-likeness (QED) is 0.720. The first kappa shape index (κ1) is 9.89.